The Morgan fingerprint density at radius 1 is 1.43 bits per heavy atom. The molecule has 0 fully saturated rings. The SMILES string of the molecule is O=C(Nc1ccc(F)cc1Cl)c1ccncc1C#CCO. The lowest BCUT2D eigenvalue weighted by atomic mass is 10.1. The standard InChI is InChI=1S/C15H10ClFN2O2/c16-13-8-11(17)3-4-14(13)19-15(21)12-5-6-18-9-10(12)2-1-7-20/h3-6,8-9,20H,7H2,(H,19,21). The van der Waals surface area contributed by atoms with Gasteiger partial charge < -0.3 is 10.4 Å². The fourth-order valence-electron chi connectivity index (χ4n) is 1.61. The number of hydrogen-bond acceptors (Lipinski definition) is 3. The third kappa shape index (κ3) is 3.78. The zero-order valence-electron chi connectivity index (χ0n) is 10.7. The number of nitrogens with one attached hydrogen (secondary N) is 1. The summed E-state index contributed by atoms with van der Waals surface area (Å²) in [5.74, 6) is 4.15. The highest BCUT2D eigenvalue weighted by Gasteiger charge is 2.12. The molecule has 0 bridgehead atoms. The van der Waals surface area contributed by atoms with Crippen LogP contribution in [0.3, 0.4) is 0 Å². The van der Waals surface area contributed by atoms with E-state index in [-0.39, 0.29) is 17.2 Å². The van der Waals surface area contributed by atoms with Gasteiger partial charge in [-0.05, 0) is 24.3 Å². The van der Waals surface area contributed by atoms with Gasteiger partial charge in [0.2, 0.25) is 0 Å². The largest absolute Gasteiger partial charge is 0.384 e. The number of amides is 1. The maximum Gasteiger partial charge on any atom is 0.257 e. The van der Waals surface area contributed by atoms with Crippen molar-refractivity contribution < 1.29 is 14.3 Å². The molecule has 0 aliphatic carbocycles. The fourth-order valence-corrected chi connectivity index (χ4v) is 1.82. The molecule has 2 aromatic rings. The second kappa shape index (κ2) is 6.84. The van der Waals surface area contributed by atoms with Crippen LogP contribution in [-0.2, 0) is 0 Å². The van der Waals surface area contributed by atoms with Gasteiger partial charge in [-0.1, -0.05) is 23.4 Å². The molecule has 21 heavy (non-hydrogen) atoms. The quantitative estimate of drug-likeness (QED) is 0.838. The van der Waals surface area contributed by atoms with E-state index in [0.717, 1.165) is 6.07 Å². The maximum absolute atomic E-state index is 13.0. The normalized spacial score (nSPS) is 9.67. The van der Waals surface area contributed by atoms with E-state index in [0.29, 0.717) is 11.3 Å². The number of carbonyl (C=O) groups excluding carboxylic acids is 1. The van der Waals surface area contributed by atoms with Crippen molar-refractivity contribution in [2.24, 2.45) is 0 Å². The predicted octanol–water partition coefficient (Wildman–Crippen LogP) is 2.47. The van der Waals surface area contributed by atoms with E-state index in [1.807, 2.05) is 0 Å². The highest BCUT2D eigenvalue weighted by molar-refractivity contribution is 6.33. The number of carbonyl (C=O) groups is 1. The minimum atomic E-state index is -0.489. The minimum Gasteiger partial charge on any atom is -0.384 e. The van der Waals surface area contributed by atoms with Crippen LogP contribution >= 0.6 is 11.6 Å². The van der Waals surface area contributed by atoms with Crippen LogP contribution in [0.5, 0.6) is 0 Å². The van der Waals surface area contributed by atoms with Gasteiger partial charge in [-0.3, -0.25) is 9.78 Å². The molecule has 0 saturated carbocycles. The first-order valence-electron chi connectivity index (χ1n) is 5.92. The Morgan fingerprint density at radius 3 is 2.95 bits per heavy atom. The molecule has 1 aromatic heterocycles. The summed E-state index contributed by atoms with van der Waals surface area (Å²) in [6.45, 7) is -0.320. The number of rotatable bonds is 2. The van der Waals surface area contributed by atoms with Gasteiger partial charge in [0.1, 0.15) is 12.4 Å². The second-order valence-electron chi connectivity index (χ2n) is 3.96. The molecule has 4 nitrogen and oxygen atoms in total. The first kappa shape index (κ1) is 15.0. The van der Waals surface area contributed by atoms with Crippen molar-refractivity contribution in [2.75, 3.05) is 11.9 Å². The minimum absolute atomic E-state index is 0.0976. The lowest BCUT2D eigenvalue weighted by Gasteiger charge is -2.08. The summed E-state index contributed by atoms with van der Waals surface area (Å²) in [6, 6.07) is 5.17. The Kier molecular flexibility index (Phi) is 4.88. The molecule has 1 aromatic carbocycles. The number of aliphatic hydroxyl groups is 1. The van der Waals surface area contributed by atoms with Crippen LogP contribution < -0.4 is 5.32 Å². The molecular formula is C15H10ClFN2O2. The van der Waals surface area contributed by atoms with Crippen LogP contribution in [0.1, 0.15) is 15.9 Å². The summed E-state index contributed by atoms with van der Waals surface area (Å²) in [5, 5.41) is 11.4. The Balaban J connectivity index is 2.28. The lowest BCUT2D eigenvalue weighted by Crippen LogP contribution is -2.14. The Hall–Kier alpha value is -2.42. The number of aliphatic hydroxyl groups excluding tert-OH is 1. The highest BCUT2D eigenvalue weighted by Crippen LogP contribution is 2.23. The van der Waals surface area contributed by atoms with Crippen LogP contribution in [-0.4, -0.2) is 22.6 Å². The molecule has 0 unspecified atom stereocenters. The molecule has 2 N–H and O–H groups in total. The van der Waals surface area contributed by atoms with E-state index >= 15 is 0 Å². The van der Waals surface area contributed by atoms with Gasteiger partial charge >= 0.3 is 0 Å². The van der Waals surface area contributed by atoms with Crippen molar-refractivity contribution in [1.82, 2.24) is 4.98 Å². The van der Waals surface area contributed by atoms with E-state index in [1.54, 1.807) is 0 Å². The van der Waals surface area contributed by atoms with Gasteiger partial charge in [0.15, 0.2) is 0 Å². The number of anilines is 1. The summed E-state index contributed by atoms with van der Waals surface area (Å²) in [4.78, 5) is 16.1. The zero-order valence-corrected chi connectivity index (χ0v) is 11.5. The molecule has 1 heterocycles. The van der Waals surface area contributed by atoms with E-state index in [4.69, 9.17) is 16.7 Å². The topological polar surface area (TPSA) is 62.2 Å². The molecule has 0 saturated heterocycles. The van der Waals surface area contributed by atoms with E-state index in [9.17, 15) is 9.18 Å². The van der Waals surface area contributed by atoms with Crippen LogP contribution in [0.2, 0.25) is 5.02 Å². The van der Waals surface area contributed by atoms with Crippen molar-refractivity contribution in [3.8, 4) is 11.8 Å². The molecule has 0 atom stereocenters. The Bertz CT molecular complexity index is 738. The van der Waals surface area contributed by atoms with Crippen LogP contribution in [0.25, 0.3) is 0 Å². The molecule has 0 spiro atoms. The first-order valence-corrected chi connectivity index (χ1v) is 6.29. The van der Waals surface area contributed by atoms with Crippen LogP contribution in [0.4, 0.5) is 10.1 Å². The molecule has 6 heteroatoms. The van der Waals surface area contributed by atoms with Crippen molar-refractivity contribution in [3.05, 3.63) is 58.6 Å². The summed E-state index contributed by atoms with van der Waals surface area (Å²) < 4.78 is 13.0. The van der Waals surface area contributed by atoms with Gasteiger partial charge in [0, 0.05) is 12.4 Å². The molecule has 2 rings (SSSR count). The van der Waals surface area contributed by atoms with Gasteiger partial charge in [0.05, 0.1) is 21.8 Å². The molecule has 0 aliphatic heterocycles. The van der Waals surface area contributed by atoms with Crippen LogP contribution in [0.15, 0.2) is 36.7 Å². The predicted molar refractivity (Wildman–Crippen MR) is 77.6 cm³/mol. The third-order valence-corrected chi connectivity index (χ3v) is 2.86. The first-order chi connectivity index (χ1) is 10.1. The van der Waals surface area contributed by atoms with E-state index in [1.165, 1.54) is 30.6 Å². The summed E-state index contributed by atoms with van der Waals surface area (Å²) in [7, 11) is 0. The van der Waals surface area contributed by atoms with Crippen LogP contribution in [0, 0.1) is 17.7 Å². The average Bonchev–Trinajstić information content (AvgIpc) is 2.48. The molecule has 0 radical (unpaired) electrons. The zero-order chi connectivity index (χ0) is 15.2. The van der Waals surface area contributed by atoms with Crippen molar-refractivity contribution in [1.29, 1.82) is 0 Å². The van der Waals surface area contributed by atoms with Gasteiger partial charge in [0.25, 0.3) is 5.91 Å². The maximum atomic E-state index is 13.0. The fraction of sp³-hybridized carbons (Fsp3) is 0.0667. The van der Waals surface area contributed by atoms with Gasteiger partial charge in [-0.15, -0.1) is 0 Å². The van der Waals surface area contributed by atoms with Crippen molar-refractivity contribution in [3.63, 3.8) is 0 Å². The molecular weight excluding hydrogens is 295 g/mol. The smallest absolute Gasteiger partial charge is 0.257 e. The Morgan fingerprint density at radius 2 is 2.24 bits per heavy atom. The molecule has 1 amide bonds. The lowest BCUT2D eigenvalue weighted by molar-refractivity contribution is 0.102. The van der Waals surface area contributed by atoms with Gasteiger partial charge in [-0.2, -0.15) is 0 Å². The van der Waals surface area contributed by atoms with E-state index < -0.39 is 11.7 Å². The average molecular weight is 305 g/mol. The summed E-state index contributed by atoms with van der Waals surface area (Å²) in [5.41, 5.74) is 0.953. The molecule has 106 valence electrons. The number of pyridine rings is 1. The van der Waals surface area contributed by atoms with Gasteiger partial charge in [-0.25, -0.2) is 4.39 Å². The summed E-state index contributed by atoms with van der Waals surface area (Å²) >= 11 is 5.86. The highest BCUT2D eigenvalue weighted by atomic mass is 35.5. The number of nitrogens with zero attached hydrogens (tertiary/aromatic N) is 1. The van der Waals surface area contributed by atoms with E-state index in [2.05, 4.69) is 22.1 Å². The van der Waals surface area contributed by atoms with Crippen molar-refractivity contribution in [2.45, 2.75) is 0 Å². The number of benzene rings is 1. The Labute approximate surface area is 125 Å². The third-order valence-electron chi connectivity index (χ3n) is 2.55. The number of hydrogen-bond donors (Lipinski definition) is 2. The van der Waals surface area contributed by atoms with Crippen molar-refractivity contribution >= 4 is 23.2 Å². The number of aromatic nitrogens is 1. The monoisotopic (exact) mass is 304 g/mol. The second-order valence-corrected chi connectivity index (χ2v) is 4.37. The molecule has 0 aliphatic rings. The summed E-state index contributed by atoms with van der Waals surface area (Å²) in [6.07, 6.45) is 2.87. The number of halogens is 2.